The average molecular weight is 448 g/mol. The van der Waals surface area contributed by atoms with Gasteiger partial charge in [-0.1, -0.05) is 6.92 Å². The molecule has 0 bridgehead atoms. The number of halogens is 3. The van der Waals surface area contributed by atoms with Crippen molar-refractivity contribution in [2.24, 2.45) is 0 Å². The number of amides is 1. The van der Waals surface area contributed by atoms with E-state index in [1.165, 1.54) is 11.0 Å². The number of rotatable bonds is 3. The van der Waals surface area contributed by atoms with E-state index in [0.717, 1.165) is 18.7 Å². The van der Waals surface area contributed by atoms with Gasteiger partial charge in [-0.05, 0) is 55.5 Å². The average Bonchev–Trinajstić information content (AvgIpc) is 2.94. The lowest BCUT2D eigenvalue weighted by molar-refractivity contribution is -0.138. The number of alkyl halides is 3. The second-order valence-corrected chi connectivity index (χ2v) is 8.10. The van der Waals surface area contributed by atoms with Crippen LogP contribution in [0.1, 0.15) is 43.0 Å². The predicted molar refractivity (Wildman–Crippen MR) is 111 cm³/mol. The Hall–Kier alpha value is -2.93. The zero-order valence-electron chi connectivity index (χ0n) is 16.5. The highest BCUT2D eigenvalue weighted by atomic mass is 32.1. The van der Waals surface area contributed by atoms with Crippen molar-refractivity contribution >= 4 is 29.9 Å². The summed E-state index contributed by atoms with van der Waals surface area (Å²) in [5, 5.41) is 19.0. The van der Waals surface area contributed by atoms with E-state index < -0.39 is 28.5 Å². The zero-order valence-corrected chi connectivity index (χ0v) is 17.4. The summed E-state index contributed by atoms with van der Waals surface area (Å²) in [6.07, 6.45) is -1.24. The van der Waals surface area contributed by atoms with Gasteiger partial charge in [0.1, 0.15) is 17.4 Å². The summed E-state index contributed by atoms with van der Waals surface area (Å²) in [5.74, 6) is -0.220. The van der Waals surface area contributed by atoms with Gasteiger partial charge in [0, 0.05) is 5.69 Å². The Labute approximate surface area is 182 Å². The van der Waals surface area contributed by atoms with Crippen LogP contribution in [-0.2, 0) is 17.4 Å². The van der Waals surface area contributed by atoms with Gasteiger partial charge in [-0.15, -0.1) is 12.6 Å². The molecule has 2 fully saturated rings. The first-order chi connectivity index (χ1) is 14.6. The maximum Gasteiger partial charge on any atom is 0.419 e. The van der Waals surface area contributed by atoms with Gasteiger partial charge in [0.2, 0.25) is 0 Å². The van der Waals surface area contributed by atoms with Crippen molar-refractivity contribution in [2.45, 2.75) is 49.8 Å². The molecular formula is C21H19F3N4O2S. The Morgan fingerprint density at radius 3 is 2.58 bits per heavy atom. The Morgan fingerprint density at radius 1 is 1.32 bits per heavy atom. The van der Waals surface area contributed by atoms with E-state index in [-0.39, 0.29) is 17.3 Å². The fraction of sp³-hybridized carbons (Fsp3) is 0.381. The molecule has 0 radical (unpaired) electrons. The summed E-state index contributed by atoms with van der Waals surface area (Å²) in [7, 11) is 0. The minimum Gasteiger partial charge on any atom is -0.508 e. The number of nitrogens with zero attached hydrogens (tertiary/aromatic N) is 4. The number of carbonyl (C=O) groups excluding carboxylic acids is 1. The Morgan fingerprint density at radius 2 is 2.03 bits per heavy atom. The number of thiol groups is 1. The van der Waals surface area contributed by atoms with E-state index in [1.54, 1.807) is 23.1 Å². The van der Waals surface area contributed by atoms with Crippen molar-refractivity contribution in [3.63, 3.8) is 0 Å². The van der Waals surface area contributed by atoms with Crippen LogP contribution < -0.4 is 9.80 Å². The molecule has 1 atom stereocenters. The fourth-order valence-electron chi connectivity index (χ4n) is 4.26. The molecule has 1 aliphatic heterocycles. The van der Waals surface area contributed by atoms with Crippen LogP contribution in [0.25, 0.3) is 0 Å². The SMILES string of the molecule is CCc1cc(N2C(S)N(c3cnc(C#N)c(C(F)(F)F)c3)C(=O)C23CCC3)ccc1O. The summed E-state index contributed by atoms with van der Waals surface area (Å²) in [6.45, 7) is 1.89. The second kappa shape index (κ2) is 7.34. The molecule has 10 heteroatoms. The third-order valence-corrected chi connectivity index (χ3v) is 6.47. The van der Waals surface area contributed by atoms with Crippen LogP contribution in [0.2, 0.25) is 0 Å². The number of nitriles is 1. The quantitative estimate of drug-likeness (QED) is 0.687. The zero-order chi connectivity index (χ0) is 22.6. The first-order valence-corrected chi connectivity index (χ1v) is 10.3. The molecule has 1 aliphatic carbocycles. The van der Waals surface area contributed by atoms with Gasteiger partial charge >= 0.3 is 6.18 Å². The number of carbonyl (C=O) groups is 1. The fourth-order valence-corrected chi connectivity index (χ4v) is 4.85. The second-order valence-electron chi connectivity index (χ2n) is 7.64. The standard InChI is InChI=1S/C21H19F3N4O2S/c1-2-12-8-13(4-5-17(12)29)28-19(31)27(18(30)20(28)6-3-7-20)14-9-15(21(22,23)24)16(10-25)26-11-14/h4-5,8-9,11,19,29,31H,2-3,6-7H2,1H3. The molecule has 162 valence electrons. The molecule has 4 rings (SSSR count). The first-order valence-electron chi connectivity index (χ1n) is 9.74. The van der Waals surface area contributed by atoms with Gasteiger partial charge in [0.15, 0.2) is 11.2 Å². The maximum atomic E-state index is 13.5. The van der Waals surface area contributed by atoms with Crippen molar-refractivity contribution in [2.75, 3.05) is 9.80 Å². The highest BCUT2D eigenvalue weighted by Crippen LogP contribution is 2.50. The Bertz CT molecular complexity index is 1100. The normalized spacial score (nSPS) is 20.1. The van der Waals surface area contributed by atoms with Crippen molar-refractivity contribution in [1.29, 1.82) is 5.26 Å². The van der Waals surface area contributed by atoms with E-state index >= 15 is 0 Å². The number of pyridine rings is 1. The van der Waals surface area contributed by atoms with Crippen LogP contribution in [0.4, 0.5) is 24.5 Å². The summed E-state index contributed by atoms with van der Waals surface area (Å²) < 4.78 is 40.3. The van der Waals surface area contributed by atoms with E-state index in [1.807, 2.05) is 6.92 Å². The summed E-state index contributed by atoms with van der Waals surface area (Å²) in [5.41, 5.74) is -2.46. The highest BCUT2D eigenvalue weighted by molar-refractivity contribution is 7.81. The highest BCUT2D eigenvalue weighted by Gasteiger charge is 2.60. The number of phenols is 1. The van der Waals surface area contributed by atoms with Crippen LogP contribution in [-0.4, -0.2) is 27.0 Å². The van der Waals surface area contributed by atoms with Gasteiger partial charge in [0.05, 0.1) is 17.4 Å². The molecule has 1 saturated heterocycles. The third kappa shape index (κ3) is 3.19. The Kier molecular flexibility index (Phi) is 5.04. The summed E-state index contributed by atoms with van der Waals surface area (Å²) in [6, 6.07) is 7.21. The minimum atomic E-state index is -4.79. The molecule has 1 unspecified atom stereocenters. The molecule has 1 amide bonds. The molecular weight excluding hydrogens is 429 g/mol. The smallest absolute Gasteiger partial charge is 0.419 e. The maximum absolute atomic E-state index is 13.5. The molecule has 1 aromatic heterocycles. The molecule has 1 spiro atoms. The number of aromatic nitrogens is 1. The van der Waals surface area contributed by atoms with E-state index in [4.69, 9.17) is 5.26 Å². The molecule has 2 aromatic rings. The lowest BCUT2D eigenvalue weighted by Crippen LogP contribution is -2.55. The van der Waals surface area contributed by atoms with Crippen LogP contribution >= 0.6 is 12.6 Å². The van der Waals surface area contributed by atoms with Gasteiger partial charge in [0.25, 0.3) is 5.91 Å². The third-order valence-electron chi connectivity index (χ3n) is 6.01. The van der Waals surface area contributed by atoms with Crippen LogP contribution in [0.5, 0.6) is 5.75 Å². The molecule has 6 nitrogen and oxygen atoms in total. The molecule has 1 aromatic carbocycles. The lowest BCUT2D eigenvalue weighted by Gasteiger charge is -2.44. The summed E-state index contributed by atoms with van der Waals surface area (Å²) >= 11 is 4.61. The van der Waals surface area contributed by atoms with E-state index in [0.29, 0.717) is 30.5 Å². The van der Waals surface area contributed by atoms with Crippen LogP contribution in [0.3, 0.4) is 0 Å². The number of anilines is 2. The number of hydrogen-bond acceptors (Lipinski definition) is 6. The van der Waals surface area contributed by atoms with Crippen molar-refractivity contribution in [1.82, 2.24) is 4.98 Å². The number of phenolic OH excluding ortho intramolecular Hbond substituents is 1. The largest absolute Gasteiger partial charge is 0.508 e. The van der Waals surface area contributed by atoms with Crippen molar-refractivity contribution in [3.8, 4) is 11.8 Å². The molecule has 1 saturated carbocycles. The monoisotopic (exact) mass is 448 g/mol. The number of aromatic hydroxyl groups is 1. The molecule has 2 aliphatic rings. The predicted octanol–water partition coefficient (Wildman–Crippen LogP) is 4.23. The lowest BCUT2D eigenvalue weighted by atomic mass is 9.75. The van der Waals surface area contributed by atoms with Gasteiger partial charge in [-0.2, -0.15) is 18.4 Å². The van der Waals surface area contributed by atoms with E-state index in [2.05, 4.69) is 17.6 Å². The van der Waals surface area contributed by atoms with Gasteiger partial charge in [-0.25, -0.2) is 4.98 Å². The Balaban J connectivity index is 1.82. The molecule has 2 heterocycles. The topological polar surface area (TPSA) is 80.5 Å². The first kappa shape index (κ1) is 21.3. The molecule has 1 N–H and O–H groups in total. The number of aryl methyl sites for hydroxylation is 1. The number of hydrogen-bond donors (Lipinski definition) is 2. The van der Waals surface area contributed by atoms with Crippen molar-refractivity contribution in [3.05, 3.63) is 47.3 Å². The minimum absolute atomic E-state index is 0.0698. The van der Waals surface area contributed by atoms with Crippen LogP contribution in [0, 0.1) is 11.3 Å². The van der Waals surface area contributed by atoms with Gasteiger partial charge < -0.3 is 10.0 Å². The molecule has 31 heavy (non-hydrogen) atoms. The van der Waals surface area contributed by atoms with Gasteiger partial charge in [-0.3, -0.25) is 9.69 Å². The van der Waals surface area contributed by atoms with Crippen LogP contribution in [0.15, 0.2) is 30.5 Å². The number of benzene rings is 1. The van der Waals surface area contributed by atoms with E-state index in [9.17, 15) is 23.1 Å². The summed E-state index contributed by atoms with van der Waals surface area (Å²) in [4.78, 5) is 20.1. The van der Waals surface area contributed by atoms with Crippen molar-refractivity contribution < 1.29 is 23.1 Å².